The molecule has 1 fully saturated rings. The number of aromatic nitrogens is 2. The molecular formula is C16H22N2O. The van der Waals surface area contributed by atoms with Crippen molar-refractivity contribution in [2.45, 2.75) is 45.1 Å². The predicted molar refractivity (Wildman–Crippen MR) is 77.5 cm³/mol. The van der Waals surface area contributed by atoms with E-state index in [4.69, 9.17) is 4.74 Å². The van der Waals surface area contributed by atoms with E-state index in [1.165, 1.54) is 11.1 Å². The van der Waals surface area contributed by atoms with Gasteiger partial charge in [0.2, 0.25) is 0 Å². The van der Waals surface area contributed by atoms with Gasteiger partial charge in [0, 0.05) is 19.3 Å². The average Bonchev–Trinajstić information content (AvgIpc) is 2.81. The van der Waals surface area contributed by atoms with Crippen LogP contribution < -0.4 is 0 Å². The van der Waals surface area contributed by atoms with Crippen LogP contribution in [0, 0.1) is 0 Å². The first-order chi connectivity index (χ1) is 9.05. The smallest absolute Gasteiger partial charge is 0.0960 e. The molecule has 1 aromatic heterocycles. The molecule has 0 aliphatic carbocycles. The lowest BCUT2D eigenvalue weighted by molar-refractivity contribution is 0.0706. The van der Waals surface area contributed by atoms with E-state index in [1.54, 1.807) is 0 Å². The van der Waals surface area contributed by atoms with Crippen molar-refractivity contribution in [1.82, 2.24) is 9.55 Å². The zero-order valence-electron chi connectivity index (χ0n) is 12.0. The van der Waals surface area contributed by atoms with Gasteiger partial charge in [-0.2, -0.15) is 0 Å². The summed E-state index contributed by atoms with van der Waals surface area (Å²) in [5.74, 6) is 0. The van der Waals surface area contributed by atoms with Crippen LogP contribution in [-0.4, -0.2) is 22.8 Å². The summed E-state index contributed by atoms with van der Waals surface area (Å²) in [4.78, 5) is 4.54. The zero-order chi connectivity index (χ0) is 13.5. The molecule has 102 valence electrons. The molecule has 0 unspecified atom stereocenters. The third-order valence-corrected chi connectivity index (χ3v) is 4.03. The van der Waals surface area contributed by atoms with Crippen LogP contribution >= 0.6 is 0 Å². The fourth-order valence-electron chi connectivity index (χ4n) is 2.75. The second-order valence-electron chi connectivity index (χ2n) is 6.45. The first kappa shape index (κ1) is 12.7. The molecule has 0 radical (unpaired) electrons. The van der Waals surface area contributed by atoms with Crippen LogP contribution in [0.5, 0.6) is 0 Å². The van der Waals surface area contributed by atoms with Crippen molar-refractivity contribution in [1.29, 1.82) is 0 Å². The maximum absolute atomic E-state index is 5.45. The van der Waals surface area contributed by atoms with Crippen LogP contribution in [-0.2, 0) is 10.2 Å². The van der Waals surface area contributed by atoms with Crippen molar-refractivity contribution in [3.05, 3.63) is 30.1 Å². The predicted octanol–water partition coefficient (Wildman–Crippen LogP) is 3.69. The van der Waals surface area contributed by atoms with Gasteiger partial charge in [-0.15, -0.1) is 0 Å². The Morgan fingerprint density at radius 1 is 1.21 bits per heavy atom. The van der Waals surface area contributed by atoms with Gasteiger partial charge in [-0.1, -0.05) is 26.8 Å². The van der Waals surface area contributed by atoms with Crippen molar-refractivity contribution in [2.75, 3.05) is 13.2 Å². The van der Waals surface area contributed by atoms with Crippen molar-refractivity contribution in [2.24, 2.45) is 0 Å². The van der Waals surface area contributed by atoms with Gasteiger partial charge in [-0.3, -0.25) is 0 Å². The Kier molecular flexibility index (Phi) is 3.09. The summed E-state index contributed by atoms with van der Waals surface area (Å²) in [5.41, 5.74) is 3.91. The van der Waals surface area contributed by atoms with Crippen molar-refractivity contribution >= 4 is 11.0 Å². The van der Waals surface area contributed by atoms with Gasteiger partial charge in [-0.05, 0) is 36.0 Å². The molecule has 0 atom stereocenters. The minimum atomic E-state index is 0.180. The fraction of sp³-hybridized carbons (Fsp3) is 0.562. The van der Waals surface area contributed by atoms with Crippen LogP contribution in [0.15, 0.2) is 24.5 Å². The molecule has 0 bridgehead atoms. The van der Waals surface area contributed by atoms with Gasteiger partial charge >= 0.3 is 0 Å². The Balaban J connectivity index is 2.05. The largest absolute Gasteiger partial charge is 0.381 e. The average molecular weight is 258 g/mol. The van der Waals surface area contributed by atoms with Gasteiger partial charge in [0.15, 0.2) is 0 Å². The van der Waals surface area contributed by atoms with E-state index in [2.05, 4.69) is 48.5 Å². The Hall–Kier alpha value is -1.35. The van der Waals surface area contributed by atoms with E-state index in [0.29, 0.717) is 6.04 Å². The van der Waals surface area contributed by atoms with E-state index in [-0.39, 0.29) is 5.41 Å². The highest BCUT2D eigenvalue weighted by atomic mass is 16.5. The van der Waals surface area contributed by atoms with Crippen LogP contribution in [0.1, 0.15) is 45.2 Å². The van der Waals surface area contributed by atoms with Gasteiger partial charge in [-0.25, -0.2) is 4.98 Å². The number of imidazole rings is 1. The van der Waals surface area contributed by atoms with Crippen LogP contribution in [0.25, 0.3) is 11.0 Å². The number of hydrogen-bond acceptors (Lipinski definition) is 2. The second-order valence-corrected chi connectivity index (χ2v) is 6.45. The number of rotatable bonds is 1. The number of fused-ring (bicyclic) bond motifs is 1. The molecule has 0 saturated carbocycles. The van der Waals surface area contributed by atoms with Gasteiger partial charge in [0.05, 0.1) is 17.4 Å². The minimum absolute atomic E-state index is 0.180. The molecule has 1 saturated heterocycles. The number of nitrogens with zero attached hydrogens (tertiary/aromatic N) is 2. The molecule has 2 heterocycles. The molecule has 1 aromatic carbocycles. The van der Waals surface area contributed by atoms with E-state index in [9.17, 15) is 0 Å². The molecule has 1 aliphatic heterocycles. The minimum Gasteiger partial charge on any atom is -0.381 e. The highest BCUT2D eigenvalue weighted by Gasteiger charge is 2.19. The maximum Gasteiger partial charge on any atom is 0.0960 e. The Morgan fingerprint density at radius 2 is 1.95 bits per heavy atom. The maximum atomic E-state index is 5.45. The van der Waals surface area contributed by atoms with Gasteiger partial charge < -0.3 is 9.30 Å². The fourth-order valence-corrected chi connectivity index (χ4v) is 2.75. The Labute approximate surface area is 114 Å². The Bertz CT molecular complexity index is 574. The van der Waals surface area contributed by atoms with E-state index in [0.717, 1.165) is 31.6 Å². The lowest BCUT2D eigenvalue weighted by Crippen LogP contribution is -2.19. The van der Waals surface area contributed by atoms with E-state index >= 15 is 0 Å². The summed E-state index contributed by atoms with van der Waals surface area (Å²) in [6.07, 6.45) is 4.17. The van der Waals surface area contributed by atoms with Crippen LogP contribution in [0.4, 0.5) is 0 Å². The lowest BCUT2D eigenvalue weighted by atomic mass is 9.87. The molecule has 3 heteroatoms. The number of benzene rings is 1. The summed E-state index contributed by atoms with van der Waals surface area (Å²) in [6.45, 7) is 8.49. The van der Waals surface area contributed by atoms with Crippen LogP contribution in [0.2, 0.25) is 0 Å². The monoisotopic (exact) mass is 258 g/mol. The molecular weight excluding hydrogens is 236 g/mol. The standard InChI is InChI=1S/C16H22N2O/c1-16(2,3)12-4-5-14-15(10-12)18(11-17-14)13-6-8-19-9-7-13/h4-5,10-11,13H,6-9H2,1-3H3. The zero-order valence-corrected chi connectivity index (χ0v) is 12.0. The number of hydrogen-bond donors (Lipinski definition) is 0. The second kappa shape index (κ2) is 4.64. The van der Waals surface area contributed by atoms with Crippen molar-refractivity contribution < 1.29 is 4.74 Å². The highest BCUT2D eigenvalue weighted by molar-refractivity contribution is 5.76. The molecule has 3 nitrogen and oxygen atoms in total. The summed E-state index contributed by atoms with van der Waals surface area (Å²) >= 11 is 0. The highest BCUT2D eigenvalue weighted by Crippen LogP contribution is 2.29. The molecule has 2 aromatic rings. The summed E-state index contributed by atoms with van der Waals surface area (Å²) in [6, 6.07) is 7.18. The molecule has 1 aliphatic rings. The van der Waals surface area contributed by atoms with E-state index < -0.39 is 0 Å². The van der Waals surface area contributed by atoms with E-state index in [1.807, 2.05) is 6.33 Å². The molecule has 3 rings (SSSR count). The molecule has 0 amide bonds. The molecule has 0 N–H and O–H groups in total. The van der Waals surface area contributed by atoms with Crippen LogP contribution in [0.3, 0.4) is 0 Å². The Morgan fingerprint density at radius 3 is 2.63 bits per heavy atom. The van der Waals surface area contributed by atoms with Crippen molar-refractivity contribution in [3.63, 3.8) is 0 Å². The molecule has 19 heavy (non-hydrogen) atoms. The first-order valence-corrected chi connectivity index (χ1v) is 7.10. The first-order valence-electron chi connectivity index (χ1n) is 7.10. The van der Waals surface area contributed by atoms with Crippen molar-refractivity contribution in [3.8, 4) is 0 Å². The lowest BCUT2D eigenvalue weighted by Gasteiger charge is -2.25. The third-order valence-electron chi connectivity index (χ3n) is 4.03. The SMILES string of the molecule is CC(C)(C)c1ccc2ncn(C3CCOCC3)c2c1. The van der Waals surface area contributed by atoms with Gasteiger partial charge in [0.1, 0.15) is 0 Å². The molecule has 0 spiro atoms. The quantitative estimate of drug-likeness (QED) is 0.780. The third kappa shape index (κ3) is 2.39. The topological polar surface area (TPSA) is 27.1 Å². The normalized spacial score (nSPS) is 18.1. The number of ether oxygens (including phenoxy) is 1. The summed E-state index contributed by atoms with van der Waals surface area (Å²) < 4.78 is 7.79. The van der Waals surface area contributed by atoms with Gasteiger partial charge in [0.25, 0.3) is 0 Å². The summed E-state index contributed by atoms with van der Waals surface area (Å²) in [5, 5.41) is 0. The summed E-state index contributed by atoms with van der Waals surface area (Å²) in [7, 11) is 0.